The molecule has 0 radical (unpaired) electrons. The van der Waals surface area contributed by atoms with Crippen molar-refractivity contribution in [2.45, 2.75) is 19.4 Å². The number of thiocarbonyl (C=S) groups is 1. The van der Waals surface area contributed by atoms with Gasteiger partial charge in [-0.15, -0.1) is 0 Å². The number of nitrogens with two attached hydrogens (primary N) is 1. The second kappa shape index (κ2) is 4.70. The molecule has 5 heteroatoms. The fraction of sp³-hybridized carbons (Fsp3) is 0.778. The minimum atomic E-state index is 0.0719. The Morgan fingerprint density at radius 2 is 2.29 bits per heavy atom. The lowest BCUT2D eigenvalue weighted by Crippen LogP contribution is -2.55. The maximum atomic E-state index is 11.4. The highest BCUT2D eigenvalue weighted by molar-refractivity contribution is 7.80. The van der Waals surface area contributed by atoms with Crippen molar-refractivity contribution in [1.82, 2.24) is 9.80 Å². The van der Waals surface area contributed by atoms with Gasteiger partial charge in [-0.1, -0.05) is 19.1 Å². The Hall–Kier alpha value is -0.680. The Balaban J connectivity index is 2.61. The van der Waals surface area contributed by atoms with E-state index in [1.165, 1.54) is 0 Å². The molecule has 0 aromatic heterocycles. The number of amides is 1. The average molecular weight is 215 g/mol. The van der Waals surface area contributed by atoms with Gasteiger partial charge in [0.2, 0.25) is 5.91 Å². The zero-order valence-corrected chi connectivity index (χ0v) is 9.51. The van der Waals surface area contributed by atoms with Crippen molar-refractivity contribution in [2.24, 2.45) is 5.73 Å². The number of likely N-dealkylation sites (N-methyl/N-ethyl adjacent to an activating group) is 1. The summed E-state index contributed by atoms with van der Waals surface area (Å²) in [6, 6.07) is 0.0719. The van der Waals surface area contributed by atoms with E-state index in [0.717, 1.165) is 19.5 Å². The Bertz CT molecular complexity index is 244. The minimum Gasteiger partial charge on any atom is -0.392 e. The molecule has 0 bridgehead atoms. The van der Waals surface area contributed by atoms with Crippen molar-refractivity contribution in [3.63, 3.8) is 0 Å². The van der Waals surface area contributed by atoms with E-state index in [2.05, 4.69) is 4.90 Å². The van der Waals surface area contributed by atoms with Crippen molar-refractivity contribution >= 4 is 23.1 Å². The number of rotatable bonds is 3. The predicted octanol–water partition coefficient (Wildman–Crippen LogP) is -0.175. The van der Waals surface area contributed by atoms with Crippen molar-refractivity contribution in [3.8, 4) is 0 Å². The highest BCUT2D eigenvalue weighted by Crippen LogP contribution is 2.09. The number of piperazine rings is 1. The first-order chi connectivity index (χ1) is 6.56. The molecule has 80 valence electrons. The molecule has 1 fully saturated rings. The van der Waals surface area contributed by atoms with E-state index in [9.17, 15) is 4.79 Å². The first kappa shape index (κ1) is 11.4. The summed E-state index contributed by atoms with van der Waals surface area (Å²) >= 11 is 4.98. The van der Waals surface area contributed by atoms with Crippen LogP contribution in [0.15, 0.2) is 0 Å². The Labute approximate surface area is 90.0 Å². The summed E-state index contributed by atoms with van der Waals surface area (Å²) in [5.74, 6) is 0.144. The van der Waals surface area contributed by atoms with Crippen LogP contribution in [-0.2, 0) is 4.79 Å². The molecule has 1 rings (SSSR count). The Morgan fingerprint density at radius 3 is 2.71 bits per heavy atom. The topological polar surface area (TPSA) is 49.6 Å². The fourth-order valence-electron chi connectivity index (χ4n) is 1.68. The van der Waals surface area contributed by atoms with E-state index >= 15 is 0 Å². The van der Waals surface area contributed by atoms with Gasteiger partial charge in [0.25, 0.3) is 0 Å². The second-order valence-electron chi connectivity index (χ2n) is 3.61. The molecule has 1 amide bonds. The van der Waals surface area contributed by atoms with Crippen LogP contribution in [-0.4, -0.2) is 53.4 Å². The second-order valence-corrected chi connectivity index (χ2v) is 4.08. The Morgan fingerprint density at radius 1 is 1.64 bits per heavy atom. The van der Waals surface area contributed by atoms with Crippen LogP contribution in [0.4, 0.5) is 0 Å². The minimum absolute atomic E-state index is 0.0719. The van der Waals surface area contributed by atoms with Crippen molar-refractivity contribution < 1.29 is 4.79 Å². The Kier molecular flexibility index (Phi) is 3.83. The van der Waals surface area contributed by atoms with Gasteiger partial charge in [-0.25, -0.2) is 0 Å². The summed E-state index contributed by atoms with van der Waals surface area (Å²) in [6.07, 6.45) is 0.867. The van der Waals surface area contributed by atoms with E-state index in [1.54, 1.807) is 4.90 Å². The van der Waals surface area contributed by atoms with Crippen LogP contribution in [0.2, 0.25) is 0 Å². The van der Waals surface area contributed by atoms with E-state index in [1.807, 2.05) is 14.0 Å². The molecule has 0 aromatic carbocycles. The molecule has 2 N–H and O–H groups in total. The molecule has 0 saturated carbocycles. The summed E-state index contributed by atoms with van der Waals surface area (Å²) in [5.41, 5.74) is 5.62. The van der Waals surface area contributed by atoms with Crippen molar-refractivity contribution in [2.75, 3.05) is 26.7 Å². The molecule has 1 aliphatic rings. The fourth-order valence-corrected chi connectivity index (χ4v) is 2.00. The summed E-state index contributed by atoms with van der Waals surface area (Å²) < 4.78 is 0. The molecule has 0 spiro atoms. The lowest BCUT2D eigenvalue weighted by Gasteiger charge is -2.36. The lowest BCUT2D eigenvalue weighted by atomic mass is 10.1. The molecule has 0 aromatic rings. The molecule has 14 heavy (non-hydrogen) atoms. The van der Waals surface area contributed by atoms with Gasteiger partial charge in [-0.3, -0.25) is 9.69 Å². The van der Waals surface area contributed by atoms with Gasteiger partial charge >= 0.3 is 0 Å². The molecular weight excluding hydrogens is 198 g/mol. The maximum absolute atomic E-state index is 11.4. The number of carbonyl (C=O) groups excluding carboxylic acids is 1. The number of hydrogen-bond donors (Lipinski definition) is 1. The molecule has 1 atom stereocenters. The van der Waals surface area contributed by atoms with Crippen LogP contribution < -0.4 is 5.73 Å². The third kappa shape index (κ3) is 2.42. The maximum Gasteiger partial charge on any atom is 0.236 e. The first-order valence-corrected chi connectivity index (χ1v) is 5.24. The average Bonchev–Trinajstić information content (AvgIpc) is 2.11. The van der Waals surface area contributed by atoms with Crippen LogP contribution in [0.3, 0.4) is 0 Å². The van der Waals surface area contributed by atoms with Crippen LogP contribution >= 0.6 is 12.2 Å². The number of hydrogen-bond acceptors (Lipinski definition) is 3. The smallest absolute Gasteiger partial charge is 0.236 e. The van der Waals surface area contributed by atoms with Gasteiger partial charge in [0.1, 0.15) is 0 Å². The first-order valence-electron chi connectivity index (χ1n) is 4.83. The normalized spacial score (nSPS) is 21.0. The van der Waals surface area contributed by atoms with Crippen LogP contribution in [0.5, 0.6) is 0 Å². The summed E-state index contributed by atoms with van der Waals surface area (Å²) in [6.45, 7) is 4.09. The van der Waals surface area contributed by atoms with Gasteiger partial charge in [-0.2, -0.15) is 0 Å². The van der Waals surface area contributed by atoms with Crippen molar-refractivity contribution in [1.29, 1.82) is 0 Å². The molecule has 1 saturated heterocycles. The quantitative estimate of drug-likeness (QED) is 0.664. The SMILES string of the molecule is CCC(C(N)=S)N1CCN(C)C(=O)C1. The molecular formula is C9H17N3OS. The zero-order valence-electron chi connectivity index (χ0n) is 8.69. The number of carbonyl (C=O) groups is 1. The van der Waals surface area contributed by atoms with E-state index in [4.69, 9.17) is 18.0 Å². The predicted molar refractivity (Wildman–Crippen MR) is 60.1 cm³/mol. The molecule has 4 nitrogen and oxygen atoms in total. The zero-order chi connectivity index (χ0) is 10.7. The standard InChI is InChI=1S/C9H17N3OS/c1-3-7(9(10)14)12-5-4-11(2)8(13)6-12/h7H,3-6H2,1-2H3,(H2,10,14). The van der Waals surface area contributed by atoms with Gasteiger partial charge in [-0.05, 0) is 6.42 Å². The van der Waals surface area contributed by atoms with E-state index in [0.29, 0.717) is 11.5 Å². The van der Waals surface area contributed by atoms with E-state index in [-0.39, 0.29) is 11.9 Å². The van der Waals surface area contributed by atoms with Crippen molar-refractivity contribution in [3.05, 3.63) is 0 Å². The summed E-state index contributed by atoms with van der Waals surface area (Å²) in [7, 11) is 1.82. The summed E-state index contributed by atoms with van der Waals surface area (Å²) in [5, 5.41) is 0. The van der Waals surface area contributed by atoms with Crippen LogP contribution in [0.25, 0.3) is 0 Å². The summed E-state index contributed by atoms with van der Waals surface area (Å²) in [4.78, 5) is 15.7. The largest absolute Gasteiger partial charge is 0.392 e. The van der Waals surface area contributed by atoms with Gasteiger partial charge < -0.3 is 10.6 Å². The third-order valence-corrected chi connectivity index (χ3v) is 2.91. The molecule has 1 unspecified atom stereocenters. The van der Waals surface area contributed by atoms with E-state index < -0.39 is 0 Å². The van der Waals surface area contributed by atoms with Gasteiger partial charge in [0.15, 0.2) is 0 Å². The van der Waals surface area contributed by atoms with Crippen LogP contribution in [0.1, 0.15) is 13.3 Å². The third-order valence-electron chi connectivity index (χ3n) is 2.64. The lowest BCUT2D eigenvalue weighted by molar-refractivity contribution is -0.134. The highest BCUT2D eigenvalue weighted by Gasteiger charge is 2.27. The molecule has 1 heterocycles. The van der Waals surface area contributed by atoms with Crippen LogP contribution in [0, 0.1) is 0 Å². The van der Waals surface area contributed by atoms with Gasteiger partial charge in [0, 0.05) is 20.1 Å². The monoisotopic (exact) mass is 215 g/mol. The highest BCUT2D eigenvalue weighted by atomic mass is 32.1. The van der Waals surface area contributed by atoms with Gasteiger partial charge in [0.05, 0.1) is 17.6 Å². The molecule has 1 aliphatic heterocycles. The number of nitrogens with zero attached hydrogens (tertiary/aromatic N) is 2. The molecule has 0 aliphatic carbocycles.